The first-order chi connectivity index (χ1) is 8.47. The minimum Gasteiger partial charge on any atom is -0.459 e. The van der Waals surface area contributed by atoms with Crippen molar-refractivity contribution in [1.29, 1.82) is 0 Å². The monoisotopic (exact) mass is 252 g/mol. The van der Waals surface area contributed by atoms with Crippen molar-refractivity contribution in [2.24, 2.45) is 5.84 Å². The molecule has 0 aliphatic carbocycles. The number of halogens is 1. The quantitative estimate of drug-likeness (QED) is 0.648. The van der Waals surface area contributed by atoms with Gasteiger partial charge in [0.15, 0.2) is 0 Å². The van der Waals surface area contributed by atoms with E-state index in [2.05, 4.69) is 5.43 Å². The molecule has 3 N–H and O–H groups in total. The largest absolute Gasteiger partial charge is 0.459 e. The van der Waals surface area contributed by atoms with Gasteiger partial charge >= 0.3 is 0 Å². The third-order valence-electron chi connectivity index (χ3n) is 3.17. The van der Waals surface area contributed by atoms with Crippen LogP contribution >= 0.6 is 0 Å². The Bertz CT molecular complexity index is 551. The zero-order valence-corrected chi connectivity index (χ0v) is 10.7. The predicted octanol–water partition coefficient (Wildman–Crippen LogP) is 2.50. The summed E-state index contributed by atoms with van der Waals surface area (Å²) in [6, 6.07) is 5.83. The Morgan fingerprint density at radius 3 is 2.72 bits per heavy atom. The van der Waals surface area contributed by atoms with Crippen molar-refractivity contribution in [3.8, 4) is 0 Å². The van der Waals surface area contributed by atoms with Crippen LogP contribution < -0.4 is 11.3 Å². The van der Waals surface area contributed by atoms with Gasteiger partial charge < -0.3 is 9.15 Å². The van der Waals surface area contributed by atoms with E-state index in [0.29, 0.717) is 16.7 Å². The van der Waals surface area contributed by atoms with Crippen LogP contribution in [0, 0.1) is 5.82 Å². The maximum absolute atomic E-state index is 13.1. The fourth-order valence-electron chi connectivity index (χ4n) is 1.92. The number of rotatable bonds is 4. The zero-order chi connectivity index (χ0) is 13.3. The second-order valence-electron chi connectivity index (χ2n) is 4.74. The number of hydrazine groups is 1. The summed E-state index contributed by atoms with van der Waals surface area (Å²) in [5.41, 5.74) is 2.76. The summed E-state index contributed by atoms with van der Waals surface area (Å²) in [5.74, 6) is 5.88. The Kier molecular flexibility index (Phi) is 3.38. The van der Waals surface area contributed by atoms with Crippen molar-refractivity contribution < 1.29 is 13.5 Å². The van der Waals surface area contributed by atoms with Crippen molar-refractivity contribution >= 4 is 11.0 Å². The maximum Gasteiger partial charge on any atom is 0.134 e. The molecule has 0 spiro atoms. The van der Waals surface area contributed by atoms with Gasteiger partial charge in [0.2, 0.25) is 0 Å². The minimum absolute atomic E-state index is 0.293. The molecule has 0 bridgehead atoms. The van der Waals surface area contributed by atoms with Crippen LogP contribution in [0.3, 0.4) is 0 Å². The zero-order valence-electron chi connectivity index (χ0n) is 10.7. The molecule has 98 valence electrons. The van der Waals surface area contributed by atoms with Gasteiger partial charge in [0, 0.05) is 12.5 Å². The Balaban J connectivity index is 2.46. The van der Waals surface area contributed by atoms with Crippen molar-refractivity contribution in [1.82, 2.24) is 5.43 Å². The maximum atomic E-state index is 13.1. The second-order valence-corrected chi connectivity index (χ2v) is 4.74. The molecule has 0 fully saturated rings. The molecule has 5 heteroatoms. The van der Waals surface area contributed by atoms with E-state index in [4.69, 9.17) is 15.0 Å². The van der Waals surface area contributed by atoms with Crippen LogP contribution in [0.4, 0.5) is 4.39 Å². The SMILES string of the molecule is COC(C)(C)C(NN)c1cc2cc(F)ccc2o1. The summed E-state index contributed by atoms with van der Waals surface area (Å²) in [6.07, 6.45) is 0. The van der Waals surface area contributed by atoms with E-state index < -0.39 is 5.60 Å². The number of nitrogens with one attached hydrogen (secondary N) is 1. The van der Waals surface area contributed by atoms with E-state index >= 15 is 0 Å². The number of furan rings is 1. The van der Waals surface area contributed by atoms with Gasteiger partial charge in [-0.25, -0.2) is 9.82 Å². The molecule has 0 aliphatic heterocycles. The molecule has 1 heterocycles. The molecule has 0 radical (unpaired) electrons. The average Bonchev–Trinajstić information content (AvgIpc) is 2.72. The smallest absolute Gasteiger partial charge is 0.134 e. The molecule has 0 amide bonds. The lowest BCUT2D eigenvalue weighted by molar-refractivity contribution is -0.0165. The van der Waals surface area contributed by atoms with Gasteiger partial charge in [0.1, 0.15) is 23.2 Å². The van der Waals surface area contributed by atoms with Crippen LogP contribution in [0.25, 0.3) is 11.0 Å². The summed E-state index contributed by atoms with van der Waals surface area (Å²) >= 11 is 0. The average molecular weight is 252 g/mol. The molecule has 0 saturated heterocycles. The molecule has 4 nitrogen and oxygen atoms in total. The van der Waals surface area contributed by atoms with E-state index in [-0.39, 0.29) is 11.9 Å². The molecule has 1 unspecified atom stereocenters. The third-order valence-corrected chi connectivity index (χ3v) is 3.17. The number of benzene rings is 1. The van der Waals surface area contributed by atoms with Crippen molar-refractivity contribution in [3.05, 3.63) is 35.8 Å². The van der Waals surface area contributed by atoms with E-state index in [1.54, 1.807) is 19.2 Å². The third kappa shape index (κ3) is 2.25. The number of hydrogen-bond acceptors (Lipinski definition) is 4. The second kappa shape index (κ2) is 4.68. The first kappa shape index (κ1) is 13.0. The van der Waals surface area contributed by atoms with Crippen molar-refractivity contribution in [2.45, 2.75) is 25.5 Å². The highest BCUT2D eigenvalue weighted by Gasteiger charge is 2.32. The van der Waals surface area contributed by atoms with Crippen molar-refractivity contribution in [3.63, 3.8) is 0 Å². The molecule has 18 heavy (non-hydrogen) atoms. The topological polar surface area (TPSA) is 60.4 Å². The van der Waals surface area contributed by atoms with Gasteiger partial charge in [-0.3, -0.25) is 5.84 Å². The van der Waals surface area contributed by atoms with E-state index in [0.717, 1.165) is 0 Å². The van der Waals surface area contributed by atoms with Gasteiger partial charge in [-0.05, 0) is 38.1 Å². The number of hydrogen-bond donors (Lipinski definition) is 2. The van der Waals surface area contributed by atoms with E-state index in [1.807, 2.05) is 13.8 Å². The molecular formula is C13H17FN2O2. The number of fused-ring (bicyclic) bond motifs is 1. The first-order valence-electron chi connectivity index (χ1n) is 5.68. The van der Waals surface area contributed by atoms with Gasteiger partial charge in [-0.1, -0.05) is 0 Å². The Labute approximate surface area is 105 Å². The van der Waals surface area contributed by atoms with E-state index in [9.17, 15) is 4.39 Å². The normalized spacial score (nSPS) is 14.1. The molecule has 1 atom stereocenters. The van der Waals surface area contributed by atoms with Crippen LogP contribution in [0.5, 0.6) is 0 Å². The lowest BCUT2D eigenvalue weighted by Crippen LogP contribution is -2.43. The van der Waals surface area contributed by atoms with Crippen LogP contribution in [-0.4, -0.2) is 12.7 Å². The van der Waals surface area contributed by atoms with Crippen LogP contribution in [0.2, 0.25) is 0 Å². The van der Waals surface area contributed by atoms with Gasteiger partial charge in [-0.2, -0.15) is 0 Å². The van der Waals surface area contributed by atoms with Crippen LogP contribution in [-0.2, 0) is 4.74 Å². The lowest BCUT2D eigenvalue weighted by Gasteiger charge is -2.30. The summed E-state index contributed by atoms with van der Waals surface area (Å²) < 4.78 is 24.2. The molecule has 1 aromatic carbocycles. The summed E-state index contributed by atoms with van der Waals surface area (Å²) in [4.78, 5) is 0. The Morgan fingerprint density at radius 2 is 2.11 bits per heavy atom. The lowest BCUT2D eigenvalue weighted by atomic mass is 9.97. The Hall–Kier alpha value is -1.43. The highest BCUT2D eigenvalue weighted by molar-refractivity contribution is 5.78. The van der Waals surface area contributed by atoms with Crippen molar-refractivity contribution in [2.75, 3.05) is 7.11 Å². The van der Waals surface area contributed by atoms with Crippen LogP contribution in [0.1, 0.15) is 25.6 Å². The van der Waals surface area contributed by atoms with Crippen LogP contribution in [0.15, 0.2) is 28.7 Å². The minimum atomic E-state index is -0.541. The van der Waals surface area contributed by atoms with E-state index in [1.165, 1.54) is 12.1 Å². The highest BCUT2D eigenvalue weighted by Crippen LogP contribution is 2.32. The summed E-state index contributed by atoms with van der Waals surface area (Å²) in [6.45, 7) is 3.79. The van der Waals surface area contributed by atoms with Gasteiger partial charge in [0.25, 0.3) is 0 Å². The molecule has 2 rings (SSSR count). The number of ether oxygens (including phenoxy) is 1. The highest BCUT2D eigenvalue weighted by atomic mass is 19.1. The molecule has 2 aromatic rings. The van der Waals surface area contributed by atoms with Gasteiger partial charge in [0.05, 0.1) is 5.60 Å². The molecule has 0 saturated carbocycles. The predicted molar refractivity (Wildman–Crippen MR) is 67.3 cm³/mol. The van der Waals surface area contributed by atoms with Gasteiger partial charge in [-0.15, -0.1) is 0 Å². The standard InChI is InChI=1S/C13H17FN2O2/c1-13(2,17-3)12(16-15)11-7-8-6-9(14)4-5-10(8)18-11/h4-7,12,16H,15H2,1-3H3. The number of nitrogens with two attached hydrogens (primary N) is 1. The summed E-state index contributed by atoms with van der Waals surface area (Å²) in [7, 11) is 1.60. The Morgan fingerprint density at radius 1 is 1.39 bits per heavy atom. The molecule has 0 aliphatic rings. The fourth-order valence-corrected chi connectivity index (χ4v) is 1.92. The number of methoxy groups -OCH3 is 1. The fraction of sp³-hybridized carbons (Fsp3) is 0.385. The summed E-state index contributed by atoms with van der Waals surface area (Å²) in [5, 5.41) is 0.706. The molecule has 1 aromatic heterocycles. The first-order valence-corrected chi connectivity index (χ1v) is 5.68. The molecular weight excluding hydrogens is 235 g/mol.